The summed E-state index contributed by atoms with van der Waals surface area (Å²) in [5.74, 6) is -1.40. The van der Waals surface area contributed by atoms with E-state index in [1.807, 2.05) is 12.1 Å². The third-order valence-electron chi connectivity index (χ3n) is 6.77. The SMILES string of the molecule is CS(=O)(=O)N(CC(=O)N(Cc1ccc(F)cc1)[C@H](C(=O)NC[C@H]1CCCO1)c1ccccc1)Cc1ccccc1. The molecule has 212 valence electrons. The molecule has 0 aromatic heterocycles. The fraction of sp³-hybridized carbons (Fsp3) is 0.333. The molecular formula is C30H34FN3O5S. The Morgan fingerprint density at radius 3 is 2.17 bits per heavy atom. The van der Waals surface area contributed by atoms with Crippen LogP contribution in [0, 0.1) is 5.82 Å². The number of hydrogen-bond acceptors (Lipinski definition) is 5. The standard InChI is InChI=1S/C30H34FN3O5S/c1-40(37,38)33(20-23-9-4-2-5-10-23)22-28(35)34(21-24-14-16-26(31)17-15-24)29(25-11-6-3-7-12-25)30(36)32-19-27-13-8-18-39-27/h2-7,9-12,14-17,27,29H,8,13,18-22H2,1H3,(H,32,36)/t27-,29+/m1/s1. The van der Waals surface area contributed by atoms with E-state index < -0.39 is 40.2 Å². The molecule has 1 N–H and O–H groups in total. The molecule has 0 radical (unpaired) electrons. The second-order valence-corrected chi connectivity index (χ2v) is 11.8. The third kappa shape index (κ3) is 8.20. The van der Waals surface area contributed by atoms with Gasteiger partial charge < -0.3 is 15.0 Å². The van der Waals surface area contributed by atoms with Gasteiger partial charge in [0.15, 0.2) is 0 Å². The Balaban J connectivity index is 1.67. The smallest absolute Gasteiger partial charge is 0.247 e. The predicted octanol–water partition coefficient (Wildman–Crippen LogP) is 3.65. The fourth-order valence-electron chi connectivity index (χ4n) is 4.65. The van der Waals surface area contributed by atoms with E-state index in [2.05, 4.69) is 5.32 Å². The van der Waals surface area contributed by atoms with Crippen molar-refractivity contribution in [1.29, 1.82) is 0 Å². The zero-order chi connectivity index (χ0) is 28.5. The minimum Gasteiger partial charge on any atom is -0.376 e. The van der Waals surface area contributed by atoms with Gasteiger partial charge in [0.1, 0.15) is 11.9 Å². The molecule has 1 saturated heterocycles. The van der Waals surface area contributed by atoms with E-state index in [4.69, 9.17) is 4.74 Å². The van der Waals surface area contributed by atoms with Crippen molar-refractivity contribution in [2.45, 2.75) is 38.1 Å². The molecule has 0 spiro atoms. The molecule has 4 rings (SSSR count). The highest BCUT2D eigenvalue weighted by Crippen LogP contribution is 2.25. The van der Waals surface area contributed by atoms with Gasteiger partial charge in [-0.15, -0.1) is 0 Å². The molecule has 1 heterocycles. The maximum atomic E-state index is 14.0. The van der Waals surface area contributed by atoms with Crippen LogP contribution < -0.4 is 5.32 Å². The van der Waals surface area contributed by atoms with Crippen molar-refractivity contribution in [1.82, 2.24) is 14.5 Å². The number of nitrogens with one attached hydrogen (secondary N) is 1. The zero-order valence-electron chi connectivity index (χ0n) is 22.4. The highest BCUT2D eigenvalue weighted by Gasteiger charge is 2.34. The Hall–Kier alpha value is -3.60. The van der Waals surface area contributed by atoms with Crippen molar-refractivity contribution in [3.8, 4) is 0 Å². The van der Waals surface area contributed by atoms with Crippen molar-refractivity contribution in [2.75, 3.05) is 26.0 Å². The molecule has 10 heteroatoms. The van der Waals surface area contributed by atoms with Gasteiger partial charge in [-0.05, 0) is 41.7 Å². The Labute approximate surface area is 234 Å². The number of ether oxygens (including phenoxy) is 1. The lowest BCUT2D eigenvalue weighted by molar-refractivity contribution is -0.142. The van der Waals surface area contributed by atoms with E-state index in [1.165, 1.54) is 17.0 Å². The molecule has 0 aliphatic carbocycles. The van der Waals surface area contributed by atoms with Gasteiger partial charge in [0.2, 0.25) is 21.8 Å². The van der Waals surface area contributed by atoms with Gasteiger partial charge in [-0.3, -0.25) is 9.59 Å². The quantitative estimate of drug-likeness (QED) is 0.361. The molecule has 8 nitrogen and oxygen atoms in total. The second-order valence-electron chi connectivity index (χ2n) is 9.86. The largest absolute Gasteiger partial charge is 0.376 e. The number of halogens is 1. The molecule has 1 aliphatic heterocycles. The van der Waals surface area contributed by atoms with E-state index in [-0.39, 0.29) is 19.2 Å². The molecule has 3 aromatic rings. The number of amides is 2. The first-order valence-electron chi connectivity index (χ1n) is 13.2. The van der Waals surface area contributed by atoms with Crippen molar-refractivity contribution < 1.29 is 27.1 Å². The summed E-state index contributed by atoms with van der Waals surface area (Å²) in [4.78, 5) is 29.1. The minimum atomic E-state index is -3.78. The maximum absolute atomic E-state index is 14.0. The van der Waals surface area contributed by atoms with Gasteiger partial charge in [0.05, 0.1) is 18.9 Å². The Morgan fingerprint density at radius 1 is 0.950 bits per heavy atom. The van der Waals surface area contributed by atoms with Gasteiger partial charge in [0.25, 0.3) is 0 Å². The topological polar surface area (TPSA) is 96.0 Å². The Kier molecular flexibility index (Phi) is 10.0. The molecule has 2 atom stereocenters. The number of carbonyl (C=O) groups excluding carboxylic acids is 2. The van der Waals surface area contributed by atoms with Crippen molar-refractivity contribution in [3.63, 3.8) is 0 Å². The highest BCUT2D eigenvalue weighted by atomic mass is 32.2. The van der Waals surface area contributed by atoms with Crippen LogP contribution in [0.5, 0.6) is 0 Å². The molecular weight excluding hydrogens is 533 g/mol. The van der Waals surface area contributed by atoms with E-state index in [1.54, 1.807) is 60.7 Å². The van der Waals surface area contributed by atoms with E-state index in [9.17, 15) is 22.4 Å². The number of nitrogens with zero attached hydrogens (tertiary/aromatic N) is 2. The molecule has 1 aliphatic rings. The molecule has 2 amide bonds. The summed E-state index contributed by atoms with van der Waals surface area (Å²) < 4.78 is 45.9. The monoisotopic (exact) mass is 567 g/mol. The number of sulfonamides is 1. The van der Waals surface area contributed by atoms with E-state index in [0.717, 1.165) is 29.0 Å². The van der Waals surface area contributed by atoms with Crippen LogP contribution in [0.1, 0.15) is 35.6 Å². The van der Waals surface area contributed by atoms with Crippen molar-refractivity contribution in [3.05, 3.63) is 107 Å². The van der Waals surface area contributed by atoms with Crippen LogP contribution in [0.4, 0.5) is 4.39 Å². The minimum absolute atomic E-state index is 0.00296. The molecule has 1 fully saturated rings. The second kappa shape index (κ2) is 13.6. The lowest BCUT2D eigenvalue weighted by Gasteiger charge is -2.33. The average molecular weight is 568 g/mol. The van der Waals surface area contributed by atoms with Gasteiger partial charge in [-0.2, -0.15) is 4.31 Å². The summed E-state index contributed by atoms with van der Waals surface area (Å²) >= 11 is 0. The van der Waals surface area contributed by atoms with Crippen molar-refractivity contribution in [2.24, 2.45) is 0 Å². The van der Waals surface area contributed by atoms with Crippen LogP contribution in [0.2, 0.25) is 0 Å². The lowest BCUT2D eigenvalue weighted by atomic mass is 10.0. The first-order chi connectivity index (χ1) is 19.2. The number of hydrogen-bond donors (Lipinski definition) is 1. The normalized spacial score (nSPS) is 16.0. The third-order valence-corrected chi connectivity index (χ3v) is 7.97. The summed E-state index contributed by atoms with van der Waals surface area (Å²) in [6.45, 7) is 0.425. The van der Waals surface area contributed by atoms with Gasteiger partial charge >= 0.3 is 0 Å². The van der Waals surface area contributed by atoms with Crippen LogP contribution in [0.3, 0.4) is 0 Å². The van der Waals surface area contributed by atoms with E-state index in [0.29, 0.717) is 24.3 Å². The van der Waals surface area contributed by atoms with Gasteiger partial charge in [-0.25, -0.2) is 12.8 Å². The summed E-state index contributed by atoms with van der Waals surface area (Å²) in [6.07, 6.45) is 2.70. The summed E-state index contributed by atoms with van der Waals surface area (Å²) in [5, 5.41) is 2.93. The van der Waals surface area contributed by atoms with Crippen LogP contribution in [-0.4, -0.2) is 61.5 Å². The summed E-state index contributed by atoms with van der Waals surface area (Å²) in [7, 11) is -3.78. The Morgan fingerprint density at radius 2 is 1.57 bits per heavy atom. The zero-order valence-corrected chi connectivity index (χ0v) is 23.2. The maximum Gasteiger partial charge on any atom is 0.247 e. The van der Waals surface area contributed by atoms with Gasteiger partial charge in [0, 0.05) is 26.2 Å². The predicted molar refractivity (Wildman–Crippen MR) is 150 cm³/mol. The van der Waals surface area contributed by atoms with E-state index >= 15 is 0 Å². The van der Waals surface area contributed by atoms with Crippen LogP contribution in [0.15, 0.2) is 84.9 Å². The number of carbonyl (C=O) groups is 2. The lowest BCUT2D eigenvalue weighted by Crippen LogP contribution is -2.48. The molecule has 0 saturated carbocycles. The van der Waals surface area contributed by atoms with Crippen LogP contribution >= 0.6 is 0 Å². The number of rotatable bonds is 12. The number of benzene rings is 3. The first-order valence-corrected chi connectivity index (χ1v) is 15.0. The van der Waals surface area contributed by atoms with Crippen molar-refractivity contribution >= 4 is 21.8 Å². The summed E-state index contributed by atoms with van der Waals surface area (Å²) in [5.41, 5.74) is 1.88. The van der Waals surface area contributed by atoms with Crippen LogP contribution in [0.25, 0.3) is 0 Å². The molecule has 3 aromatic carbocycles. The first kappa shape index (κ1) is 29.4. The average Bonchev–Trinajstić information content (AvgIpc) is 3.47. The summed E-state index contributed by atoms with van der Waals surface area (Å²) in [6, 6.07) is 22.4. The Bertz CT molecular complexity index is 1370. The molecule has 0 bridgehead atoms. The fourth-order valence-corrected chi connectivity index (χ4v) is 5.38. The highest BCUT2D eigenvalue weighted by molar-refractivity contribution is 7.88. The van der Waals surface area contributed by atoms with Crippen LogP contribution in [-0.2, 0) is 37.4 Å². The molecule has 40 heavy (non-hydrogen) atoms. The van der Waals surface area contributed by atoms with Gasteiger partial charge in [-0.1, -0.05) is 72.8 Å². The molecule has 0 unspecified atom stereocenters.